The fourth-order valence-electron chi connectivity index (χ4n) is 3.00. The van der Waals surface area contributed by atoms with Gasteiger partial charge in [0.15, 0.2) is 0 Å². The van der Waals surface area contributed by atoms with Crippen LogP contribution >= 0.6 is 0 Å². The lowest BCUT2D eigenvalue weighted by molar-refractivity contribution is 0.0458. The van der Waals surface area contributed by atoms with Gasteiger partial charge in [-0.15, -0.1) is 0 Å². The van der Waals surface area contributed by atoms with Crippen molar-refractivity contribution in [2.24, 2.45) is 5.41 Å². The Morgan fingerprint density at radius 2 is 2.16 bits per heavy atom. The van der Waals surface area contributed by atoms with Crippen molar-refractivity contribution in [3.8, 4) is 0 Å². The lowest BCUT2D eigenvalue weighted by atomic mass is 9.83. The first kappa shape index (κ1) is 14.5. The first-order valence-electron chi connectivity index (χ1n) is 7.44. The second-order valence-electron chi connectivity index (χ2n) is 6.22. The van der Waals surface area contributed by atoms with Crippen LogP contribution in [-0.4, -0.2) is 45.8 Å². The molecule has 0 aromatic carbocycles. The maximum Gasteiger partial charge on any atom is 0.105 e. The van der Waals surface area contributed by atoms with E-state index in [1.54, 1.807) is 0 Å². The van der Waals surface area contributed by atoms with E-state index in [0.29, 0.717) is 6.61 Å². The van der Waals surface area contributed by atoms with Crippen LogP contribution in [0.1, 0.15) is 38.4 Å². The Morgan fingerprint density at radius 1 is 1.37 bits per heavy atom. The van der Waals surface area contributed by atoms with Gasteiger partial charge in [-0.2, -0.15) is 0 Å². The second-order valence-corrected chi connectivity index (χ2v) is 6.22. The highest BCUT2D eigenvalue weighted by Crippen LogP contribution is 2.28. The predicted octanol–water partition coefficient (Wildman–Crippen LogP) is 2.07. The second kappa shape index (κ2) is 6.53. The quantitative estimate of drug-likeness (QED) is 0.801. The largest absolute Gasteiger partial charge is 0.396 e. The summed E-state index contributed by atoms with van der Waals surface area (Å²) in [6, 6.07) is 0. The van der Waals surface area contributed by atoms with Crippen LogP contribution in [0.5, 0.6) is 0 Å². The first-order chi connectivity index (χ1) is 9.13. The summed E-state index contributed by atoms with van der Waals surface area (Å²) in [6.07, 6.45) is 8.72. The molecule has 1 N–H and O–H groups in total. The van der Waals surface area contributed by atoms with Crippen molar-refractivity contribution >= 4 is 0 Å². The number of likely N-dealkylation sites (tertiary alicyclic amines) is 1. The molecule has 2 heterocycles. The molecule has 1 aromatic heterocycles. The normalized spacial score (nSPS) is 24.8. The molecule has 1 aliphatic heterocycles. The number of piperidine rings is 1. The molecular weight excluding hydrogens is 238 g/mol. The summed E-state index contributed by atoms with van der Waals surface area (Å²) in [5.74, 6) is 1.10. The zero-order valence-electron chi connectivity index (χ0n) is 12.3. The van der Waals surface area contributed by atoms with Gasteiger partial charge in [0.1, 0.15) is 5.82 Å². The maximum atomic E-state index is 9.46. The van der Waals surface area contributed by atoms with Crippen molar-refractivity contribution in [2.45, 2.75) is 46.1 Å². The highest BCUT2D eigenvalue weighted by molar-refractivity contribution is 4.88. The minimum Gasteiger partial charge on any atom is -0.396 e. The van der Waals surface area contributed by atoms with Gasteiger partial charge in [-0.25, -0.2) is 4.98 Å². The molecule has 1 aromatic rings. The first-order valence-corrected chi connectivity index (χ1v) is 7.44. The Bertz CT molecular complexity index is 390. The van der Waals surface area contributed by atoms with E-state index in [1.165, 1.54) is 25.8 Å². The molecule has 1 aliphatic rings. The van der Waals surface area contributed by atoms with E-state index in [-0.39, 0.29) is 5.41 Å². The van der Waals surface area contributed by atoms with Crippen LogP contribution in [0.25, 0.3) is 0 Å². The van der Waals surface area contributed by atoms with Crippen LogP contribution < -0.4 is 0 Å². The van der Waals surface area contributed by atoms with E-state index < -0.39 is 0 Å². The monoisotopic (exact) mass is 265 g/mol. The van der Waals surface area contributed by atoms with Crippen LogP contribution in [0.15, 0.2) is 12.4 Å². The molecule has 4 nitrogen and oxygen atoms in total. The topological polar surface area (TPSA) is 41.3 Å². The van der Waals surface area contributed by atoms with Gasteiger partial charge in [-0.05, 0) is 45.7 Å². The van der Waals surface area contributed by atoms with Crippen molar-refractivity contribution in [3.05, 3.63) is 18.2 Å². The number of aliphatic hydroxyl groups excluding tert-OH is 1. The molecule has 0 bridgehead atoms. The number of aliphatic hydroxyl groups is 1. The molecule has 0 aliphatic carbocycles. The van der Waals surface area contributed by atoms with E-state index in [2.05, 4.69) is 34.5 Å². The summed E-state index contributed by atoms with van der Waals surface area (Å²) < 4.78 is 2.22. The van der Waals surface area contributed by atoms with Gasteiger partial charge < -0.3 is 14.6 Å². The smallest absolute Gasteiger partial charge is 0.105 e. The Kier molecular flexibility index (Phi) is 4.99. The molecule has 0 saturated carbocycles. The molecule has 0 spiro atoms. The number of unbranched alkanes of at least 4 members (excludes halogenated alkanes) is 1. The molecular formula is C15H27N3O. The van der Waals surface area contributed by atoms with Crippen molar-refractivity contribution in [2.75, 3.05) is 26.2 Å². The summed E-state index contributed by atoms with van der Waals surface area (Å²) >= 11 is 0. The molecule has 0 radical (unpaired) electrons. The Balaban J connectivity index is 1.67. The number of rotatable bonds is 6. The van der Waals surface area contributed by atoms with Crippen LogP contribution in [0, 0.1) is 12.3 Å². The fraction of sp³-hybridized carbons (Fsp3) is 0.800. The zero-order valence-corrected chi connectivity index (χ0v) is 12.3. The number of aryl methyl sites for hydroxylation is 2. The summed E-state index contributed by atoms with van der Waals surface area (Å²) in [4.78, 5) is 6.75. The number of hydrogen-bond acceptors (Lipinski definition) is 3. The Morgan fingerprint density at radius 3 is 2.84 bits per heavy atom. The summed E-state index contributed by atoms with van der Waals surface area (Å²) in [6.45, 7) is 9.04. The summed E-state index contributed by atoms with van der Waals surface area (Å²) in [5, 5.41) is 9.46. The minimum atomic E-state index is 0.124. The lowest BCUT2D eigenvalue weighted by Gasteiger charge is -2.39. The van der Waals surface area contributed by atoms with E-state index in [0.717, 1.165) is 31.9 Å². The SMILES string of the molecule is Cc1nccn1CCCCN1CCCC(C)(CO)C1. The third kappa shape index (κ3) is 4.05. The number of hydrogen-bond donors (Lipinski definition) is 1. The van der Waals surface area contributed by atoms with Gasteiger partial charge in [0.25, 0.3) is 0 Å². The molecule has 19 heavy (non-hydrogen) atoms. The zero-order chi connectivity index (χ0) is 13.7. The molecule has 2 rings (SSSR count). The number of nitrogens with zero attached hydrogens (tertiary/aromatic N) is 3. The van der Waals surface area contributed by atoms with E-state index in [1.807, 2.05) is 6.20 Å². The molecule has 1 saturated heterocycles. The van der Waals surface area contributed by atoms with Crippen LogP contribution in [-0.2, 0) is 6.54 Å². The van der Waals surface area contributed by atoms with Crippen molar-refractivity contribution < 1.29 is 5.11 Å². The Labute approximate surface area is 116 Å². The Hall–Kier alpha value is -0.870. The average molecular weight is 265 g/mol. The van der Waals surface area contributed by atoms with Crippen LogP contribution in [0.4, 0.5) is 0 Å². The van der Waals surface area contributed by atoms with Crippen molar-refractivity contribution in [1.82, 2.24) is 14.5 Å². The van der Waals surface area contributed by atoms with Crippen molar-refractivity contribution in [3.63, 3.8) is 0 Å². The van der Waals surface area contributed by atoms with E-state index in [4.69, 9.17) is 0 Å². The van der Waals surface area contributed by atoms with Gasteiger partial charge >= 0.3 is 0 Å². The minimum absolute atomic E-state index is 0.124. The molecule has 108 valence electrons. The molecule has 1 unspecified atom stereocenters. The van der Waals surface area contributed by atoms with Crippen LogP contribution in [0.3, 0.4) is 0 Å². The maximum absolute atomic E-state index is 9.46. The number of aromatic nitrogens is 2. The predicted molar refractivity (Wildman–Crippen MR) is 77.1 cm³/mol. The highest BCUT2D eigenvalue weighted by atomic mass is 16.3. The summed E-state index contributed by atoms with van der Waals surface area (Å²) in [5.41, 5.74) is 0.124. The molecule has 1 fully saturated rings. The highest BCUT2D eigenvalue weighted by Gasteiger charge is 2.29. The fourth-order valence-corrected chi connectivity index (χ4v) is 3.00. The average Bonchev–Trinajstić information content (AvgIpc) is 2.81. The van der Waals surface area contributed by atoms with Crippen LogP contribution in [0.2, 0.25) is 0 Å². The standard InChI is InChI=1S/C15H27N3O/c1-14-16-7-11-18(14)10-4-3-8-17-9-5-6-15(2,12-17)13-19/h7,11,19H,3-6,8-10,12-13H2,1-2H3. The third-order valence-corrected chi connectivity index (χ3v) is 4.29. The van der Waals surface area contributed by atoms with Gasteiger partial charge in [0, 0.05) is 37.5 Å². The lowest BCUT2D eigenvalue weighted by Crippen LogP contribution is -2.43. The van der Waals surface area contributed by atoms with Gasteiger partial charge in [-0.1, -0.05) is 6.92 Å². The molecule has 4 heteroatoms. The number of imidazole rings is 1. The van der Waals surface area contributed by atoms with Gasteiger partial charge in [0.2, 0.25) is 0 Å². The molecule has 0 amide bonds. The van der Waals surface area contributed by atoms with Crippen molar-refractivity contribution in [1.29, 1.82) is 0 Å². The van der Waals surface area contributed by atoms with Gasteiger partial charge in [-0.3, -0.25) is 0 Å². The van der Waals surface area contributed by atoms with E-state index in [9.17, 15) is 5.11 Å². The summed E-state index contributed by atoms with van der Waals surface area (Å²) in [7, 11) is 0. The van der Waals surface area contributed by atoms with E-state index >= 15 is 0 Å². The third-order valence-electron chi connectivity index (χ3n) is 4.29. The van der Waals surface area contributed by atoms with Gasteiger partial charge in [0.05, 0.1) is 0 Å². The molecule has 1 atom stereocenters.